The number of aromatic nitrogens is 3. The van der Waals surface area contributed by atoms with Gasteiger partial charge < -0.3 is 30.1 Å². The van der Waals surface area contributed by atoms with Crippen LogP contribution in [0.3, 0.4) is 0 Å². The summed E-state index contributed by atoms with van der Waals surface area (Å²) in [6.45, 7) is 5.65. The molecule has 0 radical (unpaired) electrons. The van der Waals surface area contributed by atoms with Crippen LogP contribution in [0.4, 0.5) is 33.6 Å². The van der Waals surface area contributed by atoms with Crippen molar-refractivity contribution < 1.29 is 14.3 Å². The Balaban J connectivity index is 1.14. The van der Waals surface area contributed by atoms with Gasteiger partial charge in [0, 0.05) is 55.9 Å². The largest absolute Gasteiger partial charge is 0.370 e. The van der Waals surface area contributed by atoms with Gasteiger partial charge in [0.25, 0.3) is 5.91 Å². The number of nitrogens with one attached hydrogen (secondary N) is 3. The van der Waals surface area contributed by atoms with E-state index in [1.807, 2.05) is 55.5 Å². The fourth-order valence-electron chi connectivity index (χ4n) is 4.14. The van der Waals surface area contributed by atoms with Gasteiger partial charge in [-0.25, -0.2) is 9.78 Å². The van der Waals surface area contributed by atoms with Crippen LogP contribution in [0.1, 0.15) is 5.69 Å². The van der Waals surface area contributed by atoms with Crippen LogP contribution in [-0.2, 0) is 9.53 Å². The third-order valence-electron chi connectivity index (χ3n) is 6.00. The first kappa shape index (κ1) is 22.7. The predicted molar refractivity (Wildman–Crippen MR) is 133 cm³/mol. The second kappa shape index (κ2) is 10.0. The molecule has 3 aromatic rings. The number of hydrogen-bond donors (Lipinski definition) is 3. The van der Waals surface area contributed by atoms with Crippen molar-refractivity contribution in [3.63, 3.8) is 0 Å². The second-order valence-corrected chi connectivity index (χ2v) is 8.49. The molecule has 2 aromatic heterocycles. The number of piperazine rings is 1. The summed E-state index contributed by atoms with van der Waals surface area (Å²) in [5.41, 5.74) is 2.47. The monoisotopic (exact) mass is 476 g/mol. The molecule has 2 aliphatic heterocycles. The molecule has 3 N–H and O–H groups in total. The first-order valence-corrected chi connectivity index (χ1v) is 11.6. The van der Waals surface area contributed by atoms with E-state index in [1.165, 1.54) is 0 Å². The van der Waals surface area contributed by atoms with E-state index >= 15 is 0 Å². The Hall–Kier alpha value is -4.12. The van der Waals surface area contributed by atoms with Crippen LogP contribution in [0.2, 0.25) is 0 Å². The van der Waals surface area contributed by atoms with Gasteiger partial charge in [-0.3, -0.25) is 9.89 Å². The first-order chi connectivity index (χ1) is 17.0. The molecule has 35 heavy (non-hydrogen) atoms. The van der Waals surface area contributed by atoms with Crippen molar-refractivity contribution in [1.29, 1.82) is 0 Å². The molecule has 1 aromatic carbocycles. The van der Waals surface area contributed by atoms with Crippen molar-refractivity contribution in [2.75, 3.05) is 66.4 Å². The number of nitrogens with zero attached hydrogens (tertiary/aromatic N) is 5. The van der Waals surface area contributed by atoms with Crippen LogP contribution in [-0.4, -0.2) is 78.0 Å². The minimum Gasteiger partial charge on any atom is -0.370 e. The van der Waals surface area contributed by atoms with E-state index in [1.54, 1.807) is 9.80 Å². The van der Waals surface area contributed by atoms with Gasteiger partial charge in [0.05, 0.1) is 6.61 Å². The van der Waals surface area contributed by atoms with Crippen molar-refractivity contribution in [3.05, 3.63) is 54.2 Å². The van der Waals surface area contributed by atoms with E-state index in [0.717, 1.165) is 28.8 Å². The number of ether oxygens (including phenoxy) is 1. The van der Waals surface area contributed by atoms with Crippen molar-refractivity contribution in [3.8, 4) is 0 Å². The summed E-state index contributed by atoms with van der Waals surface area (Å²) in [5.74, 6) is 2.24. The molecule has 0 aliphatic carbocycles. The lowest BCUT2D eigenvalue weighted by molar-refractivity contribution is -0.125. The van der Waals surface area contributed by atoms with Crippen LogP contribution in [0.25, 0.3) is 0 Å². The standard InChI is InChI=1S/C24H28N8O3/c1-17-15-21(29-28-17)26-20-3-2-4-22(27-20)30-9-11-31(12-10-30)24(34)25-18-5-7-19(8-6-18)32-13-14-35-16-23(32)33/h2-8,15H,9-14,16H2,1H3,(H,25,34)(H2,26,27,28,29). The second-order valence-electron chi connectivity index (χ2n) is 8.49. The van der Waals surface area contributed by atoms with Crippen molar-refractivity contribution >= 4 is 40.8 Å². The van der Waals surface area contributed by atoms with Crippen LogP contribution < -0.4 is 20.4 Å². The molecule has 2 fully saturated rings. The summed E-state index contributed by atoms with van der Waals surface area (Å²) in [7, 11) is 0. The third-order valence-corrected chi connectivity index (χ3v) is 6.00. The Morgan fingerprint density at radius 3 is 2.54 bits per heavy atom. The molecule has 0 atom stereocenters. The lowest BCUT2D eigenvalue weighted by atomic mass is 10.2. The van der Waals surface area contributed by atoms with Gasteiger partial charge in [-0.1, -0.05) is 6.07 Å². The number of carbonyl (C=O) groups excluding carboxylic acids is 2. The maximum Gasteiger partial charge on any atom is 0.321 e. The lowest BCUT2D eigenvalue weighted by Gasteiger charge is -2.35. The number of benzene rings is 1. The summed E-state index contributed by atoms with van der Waals surface area (Å²) >= 11 is 0. The van der Waals surface area contributed by atoms with Gasteiger partial charge in [-0.05, 0) is 43.3 Å². The quantitative estimate of drug-likeness (QED) is 0.518. The molecule has 182 valence electrons. The molecule has 5 rings (SSSR count). The molecule has 4 heterocycles. The minimum absolute atomic E-state index is 0.0575. The zero-order valence-corrected chi connectivity index (χ0v) is 19.5. The molecule has 3 amide bonds. The topological polar surface area (TPSA) is 119 Å². The Morgan fingerprint density at radius 2 is 1.83 bits per heavy atom. The number of carbonyl (C=O) groups is 2. The zero-order valence-electron chi connectivity index (χ0n) is 19.5. The average Bonchev–Trinajstić information content (AvgIpc) is 3.29. The average molecular weight is 477 g/mol. The van der Waals surface area contributed by atoms with Crippen LogP contribution in [0.5, 0.6) is 0 Å². The maximum atomic E-state index is 12.8. The number of pyridine rings is 1. The molecular weight excluding hydrogens is 448 g/mol. The number of H-pyrrole nitrogens is 1. The Labute approximate surface area is 203 Å². The van der Waals surface area contributed by atoms with Crippen LogP contribution >= 0.6 is 0 Å². The highest BCUT2D eigenvalue weighted by Gasteiger charge is 2.23. The summed E-state index contributed by atoms with van der Waals surface area (Å²) in [6.07, 6.45) is 0. The van der Waals surface area contributed by atoms with Gasteiger partial charge in [0.2, 0.25) is 0 Å². The van der Waals surface area contributed by atoms with Gasteiger partial charge in [-0.2, -0.15) is 5.10 Å². The highest BCUT2D eigenvalue weighted by atomic mass is 16.5. The Morgan fingerprint density at radius 1 is 1.03 bits per heavy atom. The minimum atomic E-state index is -0.142. The number of aryl methyl sites for hydroxylation is 1. The summed E-state index contributed by atoms with van der Waals surface area (Å²) in [5, 5.41) is 13.2. The smallest absolute Gasteiger partial charge is 0.321 e. The normalized spacial score (nSPS) is 16.4. The number of morpholine rings is 1. The van der Waals surface area contributed by atoms with E-state index in [0.29, 0.717) is 45.0 Å². The third kappa shape index (κ3) is 5.35. The van der Waals surface area contributed by atoms with E-state index in [2.05, 4.69) is 25.7 Å². The fourth-order valence-corrected chi connectivity index (χ4v) is 4.14. The molecule has 11 heteroatoms. The molecule has 11 nitrogen and oxygen atoms in total. The van der Waals surface area contributed by atoms with Gasteiger partial charge in [-0.15, -0.1) is 0 Å². The Bertz CT molecular complexity index is 1190. The number of amides is 3. The van der Waals surface area contributed by atoms with Crippen LogP contribution in [0.15, 0.2) is 48.5 Å². The molecule has 0 spiro atoms. The lowest BCUT2D eigenvalue weighted by Crippen LogP contribution is -2.50. The van der Waals surface area contributed by atoms with E-state index in [9.17, 15) is 9.59 Å². The number of rotatable bonds is 5. The van der Waals surface area contributed by atoms with E-state index in [4.69, 9.17) is 9.72 Å². The van der Waals surface area contributed by atoms with Crippen molar-refractivity contribution in [1.82, 2.24) is 20.1 Å². The molecular formula is C24H28N8O3. The van der Waals surface area contributed by atoms with E-state index in [-0.39, 0.29) is 18.5 Å². The maximum absolute atomic E-state index is 12.8. The van der Waals surface area contributed by atoms with Crippen LogP contribution in [0, 0.1) is 6.92 Å². The highest BCUT2D eigenvalue weighted by molar-refractivity contribution is 5.95. The summed E-state index contributed by atoms with van der Waals surface area (Å²) < 4.78 is 5.18. The first-order valence-electron chi connectivity index (χ1n) is 11.6. The van der Waals surface area contributed by atoms with E-state index < -0.39 is 0 Å². The fraction of sp³-hybridized carbons (Fsp3) is 0.333. The number of urea groups is 1. The molecule has 0 bridgehead atoms. The molecule has 2 saturated heterocycles. The number of aromatic amines is 1. The highest BCUT2D eigenvalue weighted by Crippen LogP contribution is 2.21. The zero-order chi connectivity index (χ0) is 24.2. The summed E-state index contributed by atoms with van der Waals surface area (Å²) in [6, 6.07) is 14.9. The Kier molecular flexibility index (Phi) is 6.49. The van der Waals surface area contributed by atoms with Crippen molar-refractivity contribution in [2.45, 2.75) is 6.92 Å². The predicted octanol–water partition coefficient (Wildman–Crippen LogP) is 2.57. The van der Waals surface area contributed by atoms with Gasteiger partial charge in [0.15, 0.2) is 5.82 Å². The van der Waals surface area contributed by atoms with Gasteiger partial charge in [0.1, 0.15) is 18.2 Å². The molecule has 2 aliphatic rings. The number of hydrogen-bond acceptors (Lipinski definition) is 7. The molecule has 0 unspecified atom stereocenters. The summed E-state index contributed by atoms with van der Waals surface area (Å²) in [4.78, 5) is 35.1. The SMILES string of the molecule is Cc1cc(Nc2cccc(N3CCN(C(=O)Nc4ccc(N5CCOCC5=O)cc4)CC3)n2)n[nH]1. The van der Waals surface area contributed by atoms with Gasteiger partial charge >= 0.3 is 6.03 Å². The van der Waals surface area contributed by atoms with Crippen molar-refractivity contribution in [2.24, 2.45) is 0 Å². The molecule has 0 saturated carbocycles. The number of anilines is 5.